The highest BCUT2D eigenvalue weighted by Crippen LogP contribution is 2.35. The maximum absolute atomic E-state index is 13.4. The van der Waals surface area contributed by atoms with Crippen molar-refractivity contribution in [3.63, 3.8) is 0 Å². The molecule has 1 aliphatic heterocycles. The molecule has 0 bridgehead atoms. The van der Waals surface area contributed by atoms with E-state index in [1.807, 2.05) is 30.3 Å². The lowest BCUT2D eigenvalue weighted by Gasteiger charge is -2.21. The van der Waals surface area contributed by atoms with Gasteiger partial charge < -0.3 is 4.74 Å². The number of fused-ring (bicyclic) bond motifs is 1. The number of nitrogens with zero attached hydrogens (tertiary/aromatic N) is 1. The number of benzene rings is 3. The van der Waals surface area contributed by atoms with Crippen molar-refractivity contribution in [3.8, 4) is 11.1 Å². The third-order valence-corrected chi connectivity index (χ3v) is 8.48. The minimum Gasteiger partial charge on any atom is -0.459 e. The van der Waals surface area contributed by atoms with Crippen LogP contribution in [-0.2, 0) is 26.0 Å². The summed E-state index contributed by atoms with van der Waals surface area (Å²) >= 11 is 0. The molecule has 7 nitrogen and oxygen atoms in total. The summed E-state index contributed by atoms with van der Waals surface area (Å²) in [5.41, 5.74) is 2.30. The van der Waals surface area contributed by atoms with Crippen LogP contribution >= 0.6 is 0 Å². The summed E-state index contributed by atoms with van der Waals surface area (Å²) in [5, 5.41) is 0. The topological polar surface area (TPSA) is 97.8 Å². The molecule has 1 atom stereocenters. The normalized spacial score (nSPS) is 16.1. The smallest absolute Gasteiger partial charge is 0.329 e. The fourth-order valence-electron chi connectivity index (χ4n) is 4.38. The van der Waals surface area contributed by atoms with Crippen LogP contribution < -0.4 is 0 Å². The minimum absolute atomic E-state index is 0.0361. The molecule has 36 heavy (non-hydrogen) atoms. The number of hydrogen-bond donors (Lipinski definition) is 0. The van der Waals surface area contributed by atoms with Crippen LogP contribution in [0.5, 0.6) is 0 Å². The molecule has 8 heteroatoms. The predicted molar refractivity (Wildman–Crippen MR) is 133 cm³/mol. The molecular weight excluding hydrogens is 478 g/mol. The van der Waals surface area contributed by atoms with Gasteiger partial charge in [-0.1, -0.05) is 54.6 Å². The number of carbonyl (C=O) groups excluding carboxylic acids is 3. The van der Waals surface area contributed by atoms with E-state index in [0.29, 0.717) is 11.1 Å². The van der Waals surface area contributed by atoms with Gasteiger partial charge in [0, 0.05) is 0 Å². The minimum atomic E-state index is -3.36. The maximum Gasteiger partial charge on any atom is 0.329 e. The molecule has 0 radical (unpaired) electrons. The molecular formula is C28H25NO6S. The quantitative estimate of drug-likeness (QED) is 0.336. The molecule has 1 heterocycles. The van der Waals surface area contributed by atoms with Gasteiger partial charge in [0.25, 0.3) is 11.8 Å². The van der Waals surface area contributed by atoms with Crippen molar-refractivity contribution in [2.24, 2.45) is 5.92 Å². The molecule has 1 saturated carbocycles. The van der Waals surface area contributed by atoms with Crippen molar-refractivity contribution in [1.29, 1.82) is 0 Å². The lowest BCUT2D eigenvalue weighted by Crippen LogP contribution is -2.43. The molecule has 1 unspecified atom stereocenters. The van der Waals surface area contributed by atoms with Gasteiger partial charge in [-0.3, -0.25) is 14.5 Å². The number of imide groups is 1. The average molecular weight is 504 g/mol. The van der Waals surface area contributed by atoms with E-state index in [9.17, 15) is 22.8 Å². The molecule has 0 N–H and O–H groups in total. The number of amides is 2. The zero-order valence-electron chi connectivity index (χ0n) is 19.7. The highest BCUT2D eigenvalue weighted by molar-refractivity contribution is 7.91. The summed E-state index contributed by atoms with van der Waals surface area (Å²) in [5.74, 6) is -1.44. The van der Waals surface area contributed by atoms with Gasteiger partial charge in [-0.2, -0.15) is 0 Å². The van der Waals surface area contributed by atoms with E-state index in [2.05, 4.69) is 0 Å². The average Bonchev–Trinajstić information content (AvgIpc) is 3.66. The van der Waals surface area contributed by atoms with Crippen molar-refractivity contribution in [2.45, 2.75) is 37.3 Å². The number of sulfone groups is 1. The number of carbonyl (C=O) groups is 3. The van der Waals surface area contributed by atoms with Crippen LogP contribution in [0, 0.1) is 5.92 Å². The van der Waals surface area contributed by atoms with Gasteiger partial charge in [-0.05, 0) is 60.6 Å². The largest absolute Gasteiger partial charge is 0.459 e. The number of rotatable bonds is 8. The zero-order valence-corrected chi connectivity index (χ0v) is 20.5. The van der Waals surface area contributed by atoms with Crippen LogP contribution in [0.2, 0.25) is 0 Å². The molecule has 184 valence electrons. The van der Waals surface area contributed by atoms with Gasteiger partial charge in [0.15, 0.2) is 9.84 Å². The van der Waals surface area contributed by atoms with E-state index in [0.717, 1.165) is 23.3 Å². The first-order valence-electron chi connectivity index (χ1n) is 11.8. The fraction of sp³-hybridized carbons (Fsp3) is 0.250. The van der Waals surface area contributed by atoms with Crippen LogP contribution in [0.4, 0.5) is 0 Å². The van der Waals surface area contributed by atoms with Crippen LogP contribution in [-0.4, -0.2) is 42.9 Å². The van der Waals surface area contributed by atoms with Gasteiger partial charge in [0.2, 0.25) is 0 Å². The SMILES string of the molecule is CC(C(=O)OCc1ccccc1)N1C(=O)c2cccc(-c3ccc(S(=O)(=O)CC4CC4)cc3)c2C1=O. The van der Waals surface area contributed by atoms with Crippen LogP contribution in [0.15, 0.2) is 77.7 Å². The summed E-state index contributed by atoms with van der Waals surface area (Å²) in [6, 6.07) is 19.3. The van der Waals surface area contributed by atoms with Crippen molar-refractivity contribution in [1.82, 2.24) is 4.90 Å². The Labute approximate surface area is 209 Å². The molecule has 3 aromatic carbocycles. The number of hydrogen-bond acceptors (Lipinski definition) is 6. The third kappa shape index (κ3) is 4.56. The molecule has 2 aliphatic rings. The van der Waals surface area contributed by atoms with Crippen molar-refractivity contribution in [2.75, 3.05) is 5.75 Å². The first kappa shape index (κ1) is 23.9. The van der Waals surface area contributed by atoms with Gasteiger partial charge in [0.05, 0.1) is 21.8 Å². The monoisotopic (exact) mass is 503 g/mol. The van der Waals surface area contributed by atoms with Crippen molar-refractivity contribution >= 4 is 27.6 Å². The Hall–Kier alpha value is -3.78. The molecule has 0 spiro atoms. The van der Waals surface area contributed by atoms with Crippen LogP contribution in [0.25, 0.3) is 11.1 Å². The van der Waals surface area contributed by atoms with Crippen molar-refractivity contribution in [3.05, 3.63) is 89.5 Å². The van der Waals surface area contributed by atoms with E-state index in [1.54, 1.807) is 30.3 Å². The summed E-state index contributed by atoms with van der Waals surface area (Å²) in [7, 11) is -3.36. The summed E-state index contributed by atoms with van der Waals surface area (Å²) < 4.78 is 30.5. The molecule has 3 aromatic rings. The predicted octanol–water partition coefficient (Wildman–Crippen LogP) is 4.27. The Morgan fingerprint density at radius 2 is 1.58 bits per heavy atom. The van der Waals surface area contributed by atoms with Crippen molar-refractivity contribution < 1.29 is 27.5 Å². The maximum atomic E-state index is 13.4. The summed E-state index contributed by atoms with van der Waals surface area (Å²) in [4.78, 5) is 40.4. The Bertz CT molecular complexity index is 1440. The zero-order chi connectivity index (χ0) is 25.4. The second-order valence-electron chi connectivity index (χ2n) is 9.23. The highest BCUT2D eigenvalue weighted by Gasteiger charge is 2.43. The van der Waals surface area contributed by atoms with E-state index in [-0.39, 0.29) is 34.3 Å². The van der Waals surface area contributed by atoms with Gasteiger partial charge in [-0.15, -0.1) is 0 Å². The highest BCUT2D eigenvalue weighted by atomic mass is 32.2. The van der Waals surface area contributed by atoms with E-state index < -0.39 is 33.7 Å². The summed E-state index contributed by atoms with van der Waals surface area (Å²) in [6.07, 6.45) is 1.89. The lowest BCUT2D eigenvalue weighted by atomic mass is 9.97. The fourth-order valence-corrected chi connectivity index (χ4v) is 6.08. The first-order valence-corrected chi connectivity index (χ1v) is 13.5. The molecule has 0 saturated heterocycles. The second kappa shape index (κ2) is 9.35. The summed E-state index contributed by atoms with van der Waals surface area (Å²) in [6.45, 7) is 1.50. The Morgan fingerprint density at radius 3 is 2.25 bits per heavy atom. The van der Waals surface area contributed by atoms with E-state index in [4.69, 9.17) is 4.74 Å². The Balaban J connectivity index is 1.37. The van der Waals surface area contributed by atoms with Crippen LogP contribution in [0.1, 0.15) is 46.0 Å². The number of ether oxygens (including phenoxy) is 1. The third-order valence-electron chi connectivity index (χ3n) is 6.58. The molecule has 0 aromatic heterocycles. The van der Waals surface area contributed by atoms with Gasteiger partial charge in [-0.25, -0.2) is 13.2 Å². The lowest BCUT2D eigenvalue weighted by molar-refractivity contribution is -0.149. The standard InChI is InChI=1S/C28H25NO6S/c1-18(28(32)35-16-19-6-3-2-4-7-19)29-26(30)24-9-5-8-23(25(24)27(29)31)21-12-14-22(15-13-21)36(33,34)17-20-10-11-20/h2-9,12-15,18,20H,10-11,16-17H2,1H3. The van der Waals surface area contributed by atoms with Crippen LogP contribution in [0.3, 0.4) is 0 Å². The Kier molecular flexibility index (Phi) is 6.22. The van der Waals surface area contributed by atoms with Gasteiger partial charge in [0.1, 0.15) is 12.6 Å². The van der Waals surface area contributed by atoms with Gasteiger partial charge >= 0.3 is 5.97 Å². The molecule has 5 rings (SSSR count). The molecule has 2 amide bonds. The van der Waals surface area contributed by atoms with E-state index in [1.165, 1.54) is 19.1 Å². The van der Waals surface area contributed by atoms with E-state index >= 15 is 0 Å². The molecule has 1 aliphatic carbocycles. The number of esters is 1. The Morgan fingerprint density at radius 1 is 0.917 bits per heavy atom. The molecule has 1 fully saturated rings. The first-order chi connectivity index (χ1) is 17.3. The second-order valence-corrected chi connectivity index (χ2v) is 11.3.